The Morgan fingerprint density at radius 1 is 1.91 bits per heavy atom. The summed E-state index contributed by atoms with van der Waals surface area (Å²) in [5, 5.41) is 8.42. The zero-order valence-electron chi connectivity index (χ0n) is 5.82. The fourth-order valence-electron chi connectivity index (χ4n) is 0.721. The number of hydrogen-bond acceptors (Lipinski definition) is 3. The highest BCUT2D eigenvalue weighted by Gasteiger charge is 2.11. The second kappa shape index (κ2) is 3.16. The molecule has 0 unspecified atom stereocenters. The standard InChI is InChI=1S/C6H9N3O2/c7-5(6(10)11)1-4-2-8-3-9-4/h2-3,5H,1,7H2,(H,8,9)(H,10,11)/t5-/m1/s1/i1+1,2+1,3+1,4+1,5+1,6+1,7+1,8+1,9+1. The van der Waals surface area contributed by atoms with Crippen LogP contribution in [0.5, 0.6) is 0 Å². The highest BCUT2D eigenvalue weighted by molar-refractivity contribution is 5.73. The fraction of sp³-hybridized carbons (Fsp3) is 0.333. The average Bonchev–Trinajstić information content (AvgIpc) is 2.39. The summed E-state index contributed by atoms with van der Waals surface area (Å²) < 4.78 is 0. The number of carboxylic acids is 1. The molecule has 1 rings (SSSR count). The van der Waals surface area contributed by atoms with Crippen molar-refractivity contribution in [2.45, 2.75) is 12.5 Å². The SMILES string of the molecule is [15NH2][13C@H]([13CH2][13c]1[13cH][15n][13cH][15nH]1)[13C](=O)O. The molecule has 0 aliphatic heterocycles. The highest BCUT2D eigenvalue weighted by Crippen LogP contribution is 1.95. The van der Waals surface area contributed by atoms with E-state index in [0.717, 1.165) is 5.69 Å². The van der Waals surface area contributed by atoms with Gasteiger partial charge in [-0.25, -0.2) is 4.98 Å². The molecule has 1 atom stereocenters. The number of H-pyrrole nitrogens is 1. The van der Waals surface area contributed by atoms with Crippen LogP contribution >= 0.6 is 0 Å². The van der Waals surface area contributed by atoms with E-state index in [1.54, 1.807) is 6.20 Å². The van der Waals surface area contributed by atoms with Crippen LogP contribution in [0.3, 0.4) is 0 Å². The lowest BCUT2D eigenvalue weighted by molar-refractivity contribution is -0.138. The average molecular weight is 164 g/mol. The Labute approximate surface area is 63.3 Å². The number of hydrogen-bond donors (Lipinski definition) is 3. The monoisotopic (exact) mass is 164 g/mol. The van der Waals surface area contributed by atoms with E-state index in [9.17, 15) is 4.79 Å². The number of carbonyl (C=O) groups is 1. The van der Waals surface area contributed by atoms with E-state index in [0.29, 0.717) is 0 Å². The van der Waals surface area contributed by atoms with Crippen LogP contribution in [-0.4, -0.2) is 27.1 Å². The molecule has 0 aromatic carbocycles. The third-order valence-electron chi connectivity index (χ3n) is 1.31. The van der Waals surface area contributed by atoms with Crippen molar-refractivity contribution in [2.75, 3.05) is 0 Å². The first-order valence-corrected chi connectivity index (χ1v) is 3.16. The molecule has 0 aliphatic carbocycles. The van der Waals surface area contributed by atoms with Gasteiger partial charge in [-0.05, 0) is 0 Å². The number of nitrogens with one attached hydrogen (secondary N) is 1. The molecule has 0 saturated carbocycles. The second-order valence-electron chi connectivity index (χ2n) is 2.23. The van der Waals surface area contributed by atoms with Crippen LogP contribution in [0.25, 0.3) is 0 Å². The van der Waals surface area contributed by atoms with Crippen molar-refractivity contribution in [1.29, 1.82) is 0 Å². The number of rotatable bonds is 3. The Bertz CT molecular complexity index is 232. The molecular weight excluding hydrogens is 155 g/mol. The number of nitrogens with zero attached hydrogens (tertiary/aromatic N) is 1. The number of nitrogens with two attached hydrogens (primary N) is 1. The molecule has 0 spiro atoms. The van der Waals surface area contributed by atoms with E-state index >= 15 is 0 Å². The smallest absolute Gasteiger partial charge is 0.320 e. The van der Waals surface area contributed by atoms with E-state index in [4.69, 9.17) is 10.8 Å². The Balaban J connectivity index is 2.50. The van der Waals surface area contributed by atoms with E-state index in [2.05, 4.69) is 9.97 Å². The number of aromatic amines is 1. The van der Waals surface area contributed by atoms with Gasteiger partial charge >= 0.3 is 5.97 Å². The molecule has 5 nitrogen and oxygen atoms in total. The molecule has 60 valence electrons. The van der Waals surface area contributed by atoms with Crippen molar-refractivity contribution in [3.8, 4) is 0 Å². The third-order valence-corrected chi connectivity index (χ3v) is 1.31. The van der Waals surface area contributed by atoms with Crippen molar-refractivity contribution in [2.24, 2.45) is 5.73 Å². The number of carboxylic acid groups (broad SMARTS) is 1. The zero-order chi connectivity index (χ0) is 8.27. The Morgan fingerprint density at radius 2 is 2.64 bits per heavy atom. The van der Waals surface area contributed by atoms with Gasteiger partial charge in [-0.15, -0.1) is 0 Å². The van der Waals surface area contributed by atoms with Gasteiger partial charge in [0.15, 0.2) is 0 Å². The third kappa shape index (κ3) is 2.05. The van der Waals surface area contributed by atoms with Gasteiger partial charge in [0.25, 0.3) is 0 Å². The van der Waals surface area contributed by atoms with Crippen LogP contribution < -0.4 is 5.73 Å². The molecule has 0 radical (unpaired) electrons. The maximum absolute atomic E-state index is 10.3. The van der Waals surface area contributed by atoms with E-state index in [1.807, 2.05) is 0 Å². The molecule has 0 saturated heterocycles. The summed E-state index contributed by atoms with van der Waals surface area (Å²) in [4.78, 5) is 16.8. The van der Waals surface area contributed by atoms with E-state index in [1.165, 1.54) is 6.33 Å². The normalized spacial score (nSPS) is 12.8. The summed E-state index contributed by atoms with van der Waals surface area (Å²) in [5.74, 6) is -1.00. The van der Waals surface area contributed by atoms with E-state index < -0.39 is 12.0 Å². The van der Waals surface area contributed by atoms with Crippen molar-refractivity contribution in [3.05, 3.63) is 18.2 Å². The maximum atomic E-state index is 10.3. The largest absolute Gasteiger partial charge is 0.480 e. The summed E-state index contributed by atoms with van der Waals surface area (Å²) in [5.41, 5.74) is 6.00. The lowest BCUT2D eigenvalue weighted by Gasteiger charge is -2.02. The Hall–Kier alpha value is -1.36. The molecule has 0 fully saturated rings. The predicted molar refractivity (Wildman–Crippen MR) is 37.9 cm³/mol. The van der Waals surface area contributed by atoms with Gasteiger partial charge in [0.1, 0.15) is 6.04 Å². The maximum Gasteiger partial charge on any atom is 0.320 e. The first kappa shape index (κ1) is 7.74. The van der Waals surface area contributed by atoms with E-state index in [-0.39, 0.29) is 6.42 Å². The molecule has 4 N–H and O–H groups in total. The lowest BCUT2D eigenvalue weighted by Crippen LogP contribution is -2.32. The van der Waals surface area contributed by atoms with Crippen molar-refractivity contribution in [1.82, 2.24) is 9.97 Å². The van der Waals surface area contributed by atoms with Crippen molar-refractivity contribution >= 4 is 5.97 Å². The van der Waals surface area contributed by atoms with Gasteiger partial charge < -0.3 is 15.8 Å². The molecule has 0 bridgehead atoms. The summed E-state index contributed by atoms with van der Waals surface area (Å²) in [6.45, 7) is 0. The summed E-state index contributed by atoms with van der Waals surface area (Å²) in [7, 11) is 0. The molecular formula is C6H9N3O2. The van der Waals surface area contributed by atoms with Gasteiger partial charge in [-0.1, -0.05) is 0 Å². The molecule has 1 heterocycles. The van der Waals surface area contributed by atoms with Crippen LogP contribution in [0.1, 0.15) is 5.69 Å². The minimum Gasteiger partial charge on any atom is -0.480 e. The molecule has 0 amide bonds. The zero-order valence-corrected chi connectivity index (χ0v) is 5.82. The topological polar surface area (TPSA) is 92.0 Å². The number of imidazole rings is 1. The quantitative estimate of drug-likeness (QED) is 0.409. The van der Waals surface area contributed by atoms with Gasteiger partial charge in [-0.2, -0.15) is 0 Å². The van der Waals surface area contributed by atoms with Crippen LogP contribution in [0.15, 0.2) is 12.5 Å². The van der Waals surface area contributed by atoms with Crippen LogP contribution in [-0.2, 0) is 11.2 Å². The predicted octanol–water partition coefficient (Wildman–Crippen LogP) is -0.636. The first-order valence-electron chi connectivity index (χ1n) is 3.16. The molecule has 11 heavy (non-hydrogen) atoms. The van der Waals surface area contributed by atoms with Gasteiger partial charge in [0, 0.05) is 18.3 Å². The molecule has 5 heteroatoms. The van der Waals surface area contributed by atoms with Crippen LogP contribution in [0.2, 0.25) is 0 Å². The Kier molecular flexibility index (Phi) is 2.22. The van der Waals surface area contributed by atoms with Crippen LogP contribution in [0, 0.1) is 0 Å². The molecule has 1 aromatic rings. The lowest BCUT2D eigenvalue weighted by atomic mass is 11.2. The fourth-order valence-corrected chi connectivity index (χ4v) is 0.721. The first-order chi connectivity index (χ1) is 5.20. The minimum atomic E-state index is -1.00. The Morgan fingerprint density at radius 3 is 3.09 bits per heavy atom. The number of aromatic nitrogens is 2. The second-order valence-corrected chi connectivity index (χ2v) is 2.23. The van der Waals surface area contributed by atoms with Crippen LogP contribution in [0.4, 0.5) is 0 Å². The summed E-state index contributed by atoms with van der Waals surface area (Å²) in [6, 6.07) is -0.851. The van der Waals surface area contributed by atoms with Crippen molar-refractivity contribution < 1.29 is 9.90 Å². The van der Waals surface area contributed by atoms with Crippen molar-refractivity contribution in [3.63, 3.8) is 0 Å². The summed E-state index contributed by atoms with van der Waals surface area (Å²) in [6.07, 6.45) is 3.34. The van der Waals surface area contributed by atoms with Gasteiger partial charge in [-0.3, -0.25) is 4.79 Å². The highest BCUT2D eigenvalue weighted by atomic mass is 16.5. The van der Waals surface area contributed by atoms with Gasteiger partial charge in [0.2, 0.25) is 0 Å². The number of aliphatic carboxylic acids is 1. The summed E-state index contributed by atoms with van der Waals surface area (Å²) >= 11 is 0. The van der Waals surface area contributed by atoms with Gasteiger partial charge in [0.05, 0.1) is 6.33 Å². The molecule has 1 aromatic heterocycles. The molecule has 0 aliphatic rings. The minimum absolute atomic E-state index is 0.287.